The molecule has 1 aliphatic heterocycles. The van der Waals surface area contributed by atoms with Gasteiger partial charge in [-0.3, -0.25) is 9.40 Å². The van der Waals surface area contributed by atoms with E-state index in [1.54, 1.807) is 12.1 Å². The molecule has 8 nitrogen and oxygen atoms in total. The van der Waals surface area contributed by atoms with E-state index in [1.807, 2.05) is 12.1 Å². The lowest BCUT2D eigenvalue weighted by Crippen LogP contribution is -2.33. The molecule has 3 aromatic rings. The van der Waals surface area contributed by atoms with Gasteiger partial charge in [0.2, 0.25) is 0 Å². The predicted molar refractivity (Wildman–Crippen MR) is 103 cm³/mol. The highest BCUT2D eigenvalue weighted by molar-refractivity contribution is 7.92. The number of hydrogen-bond donors (Lipinski definition) is 1. The van der Waals surface area contributed by atoms with Gasteiger partial charge in [0.25, 0.3) is 10.0 Å². The maximum atomic E-state index is 12.6. The van der Waals surface area contributed by atoms with Crippen molar-refractivity contribution in [3.05, 3.63) is 60.9 Å². The quantitative estimate of drug-likeness (QED) is 0.613. The molecule has 1 atom stereocenters. The molecule has 0 radical (unpaired) electrons. The third-order valence-electron chi connectivity index (χ3n) is 4.21. The van der Waals surface area contributed by atoms with E-state index < -0.39 is 27.0 Å². The van der Waals surface area contributed by atoms with Crippen molar-refractivity contribution in [2.24, 2.45) is 0 Å². The van der Waals surface area contributed by atoms with Crippen LogP contribution >= 0.6 is 0 Å². The van der Waals surface area contributed by atoms with Crippen LogP contribution in [0.3, 0.4) is 0 Å². The van der Waals surface area contributed by atoms with E-state index in [1.165, 1.54) is 29.2 Å². The van der Waals surface area contributed by atoms with E-state index in [2.05, 4.69) is 14.6 Å². The monoisotopic (exact) mass is 455 g/mol. The molecule has 0 spiro atoms. The molecule has 12 heteroatoms. The summed E-state index contributed by atoms with van der Waals surface area (Å²) in [5.74, 6) is 0.391. The van der Waals surface area contributed by atoms with Crippen molar-refractivity contribution in [1.29, 1.82) is 0 Å². The van der Waals surface area contributed by atoms with Crippen molar-refractivity contribution in [3.8, 4) is 17.2 Å². The molecule has 1 aliphatic rings. The fraction of sp³-hybridized carbons (Fsp3) is 0.211. The maximum absolute atomic E-state index is 12.6. The van der Waals surface area contributed by atoms with E-state index in [-0.39, 0.29) is 24.9 Å². The predicted octanol–water partition coefficient (Wildman–Crippen LogP) is 3.42. The minimum Gasteiger partial charge on any atom is -0.486 e. The normalized spacial score (nSPS) is 16.0. The molecule has 0 bridgehead atoms. The molecule has 0 amide bonds. The Labute approximate surface area is 175 Å². The molecule has 2 heterocycles. The second kappa shape index (κ2) is 8.02. The summed E-state index contributed by atoms with van der Waals surface area (Å²) < 4.78 is 81.9. The van der Waals surface area contributed by atoms with Gasteiger partial charge in [-0.2, -0.15) is 5.10 Å². The van der Waals surface area contributed by atoms with E-state index >= 15 is 0 Å². The molecule has 1 aromatic heterocycles. The van der Waals surface area contributed by atoms with Crippen LogP contribution < -0.4 is 18.9 Å². The minimum absolute atomic E-state index is 0.0685. The number of anilines is 1. The summed E-state index contributed by atoms with van der Waals surface area (Å²) in [6, 6.07) is 11.7. The fourth-order valence-corrected chi connectivity index (χ4v) is 4.13. The number of para-hydroxylation sites is 3. The molecule has 164 valence electrons. The van der Waals surface area contributed by atoms with E-state index in [9.17, 15) is 21.6 Å². The van der Waals surface area contributed by atoms with Crippen LogP contribution in [0.15, 0.2) is 65.8 Å². The number of rotatable bonds is 6. The zero-order valence-corrected chi connectivity index (χ0v) is 16.6. The molecular weight excluding hydrogens is 439 g/mol. The first-order valence-corrected chi connectivity index (χ1v) is 10.5. The lowest BCUT2D eigenvalue weighted by molar-refractivity contribution is -0.275. The first kappa shape index (κ1) is 20.8. The van der Waals surface area contributed by atoms with Crippen LogP contribution in [0.2, 0.25) is 0 Å². The molecule has 1 N–H and O–H groups in total. The number of nitrogens with one attached hydrogen (secondary N) is 1. The number of benzene rings is 2. The molecule has 0 fully saturated rings. The van der Waals surface area contributed by atoms with Crippen molar-refractivity contribution in [2.45, 2.75) is 23.9 Å². The van der Waals surface area contributed by atoms with Crippen molar-refractivity contribution in [1.82, 2.24) is 9.78 Å². The molecule has 1 unspecified atom stereocenters. The Kier molecular flexibility index (Phi) is 5.39. The fourth-order valence-electron chi connectivity index (χ4n) is 2.97. The number of ether oxygens (including phenoxy) is 3. The molecule has 0 saturated carbocycles. The highest BCUT2D eigenvalue weighted by atomic mass is 32.2. The topological polar surface area (TPSA) is 91.7 Å². The first-order chi connectivity index (χ1) is 14.7. The van der Waals surface area contributed by atoms with Gasteiger partial charge in [-0.1, -0.05) is 24.3 Å². The van der Waals surface area contributed by atoms with Gasteiger partial charge in [0.1, 0.15) is 17.3 Å². The van der Waals surface area contributed by atoms with Crippen LogP contribution in [-0.2, 0) is 16.6 Å². The molecule has 31 heavy (non-hydrogen) atoms. The van der Waals surface area contributed by atoms with Crippen molar-refractivity contribution in [3.63, 3.8) is 0 Å². The van der Waals surface area contributed by atoms with Crippen LogP contribution in [0.25, 0.3) is 0 Å². The Morgan fingerprint density at radius 3 is 2.61 bits per heavy atom. The lowest BCUT2D eigenvalue weighted by Gasteiger charge is -2.26. The number of alkyl halides is 3. The Bertz CT molecular complexity index is 1180. The van der Waals surface area contributed by atoms with Gasteiger partial charge in [-0.15, -0.1) is 13.2 Å². The summed E-state index contributed by atoms with van der Waals surface area (Å²) in [5.41, 5.74) is 0.0685. The van der Waals surface area contributed by atoms with Gasteiger partial charge in [0, 0.05) is 6.20 Å². The van der Waals surface area contributed by atoms with Crippen LogP contribution in [0.4, 0.5) is 18.9 Å². The Hall–Kier alpha value is -3.41. The Balaban J connectivity index is 1.46. The second-order valence-electron chi connectivity index (χ2n) is 6.55. The summed E-state index contributed by atoms with van der Waals surface area (Å²) >= 11 is 0. The average Bonchev–Trinajstić information content (AvgIpc) is 3.13. The number of aromatic nitrogens is 2. The molecular formula is C19H16F3N3O5S. The minimum atomic E-state index is -5.03. The third kappa shape index (κ3) is 5.02. The van der Waals surface area contributed by atoms with Crippen molar-refractivity contribution >= 4 is 15.7 Å². The van der Waals surface area contributed by atoms with Gasteiger partial charge in [-0.25, -0.2) is 8.42 Å². The number of halogens is 3. The highest BCUT2D eigenvalue weighted by Crippen LogP contribution is 2.32. The highest BCUT2D eigenvalue weighted by Gasteiger charge is 2.34. The van der Waals surface area contributed by atoms with Crippen LogP contribution in [0, 0.1) is 0 Å². The van der Waals surface area contributed by atoms with Crippen LogP contribution in [-0.4, -0.2) is 37.3 Å². The smallest absolute Gasteiger partial charge is 0.486 e. The molecule has 2 aromatic carbocycles. The zero-order chi connectivity index (χ0) is 22.1. The standard InChI is InChI=1S/C19H16F3N3O5S/c20-19(21,22)30-17-7-3-4-8-18(17)31(26,27)24-13-9-23-25(10-13)11-14-12-28-15-5-1-2-6-16(15)29-14/h1-10,14,24H,11-12H2. The first-order valence-electron chi connectivity index (χ1n) is 8.98. The maximum Gasteiger partial charge on any atom is 0.573 e. The van der Waals surface area contributed by atoms with E-state index in [4.69, 9.17) is 9.47 Å². The molecule has 4 rings (SSSR count). The number of hydrogen-bond acceptors (Lipinski definition) is 6. The number of fused-ring (bicyclic) bond motifs is 1. The second-order valence-corrected chi connectivity index (χ2v) is 8.20. The van der Waals surface area contributed by atoms with Gasteiger partial charge in [-0.05, 0) is 24.3 Å². The number of sulfonamides is 1. The average molecular weight is 455 g/mol. The zero-order valence-electron chi connectivity index (χ0n) is 15.7. The summed E-state index contributed by atoms with van der Waals surface area (Å²) in [7, 11) is -4.36. The van der Waals surface area contributed by atoms with Gasteiger partial charge in [0.15, 0.2) is 17.6 Å². The van der Waals surface area contributed by atoms with Gasteiger partial charge >= 0.3 is 6.36 Å². The number of nitrogens with zero attached hydrogens (tertiary/aromatic N) is 2. The summed E-state index contributed by atoms with van der Waals surface area (Å²) in [4.78, 5) is -0.652. The largest absolute Gasteiger partial charge is 0.573 e. The van der Waals surface area contributed by atoms with Gasteiger partial charge in [0.05, 0.1) is 18.4 Å². The van der Waals surface area contributed by atoms with Gasteiger partial charge < -0.3 is 14.2 Å². The Morgan fingerprint density at radius 2 is 1.84 bits per heavy atom. The van der Waals surface area contributed by atoms with E-state index in [0.29, 0.717) is 11.5 Å². The molecule has 0 aliphatic carbocycles. The van der Waals surface area contributed by atoms with Crippen LogP contribution in [0.5, 0.6) is 17.2 Å². The van der Waals surface area contributed by atoms with E-state index in [0.717, 1.165) is 12.1 Å². The third-order valence-corrected chi connectivity index (χ3v) is 5.63. The summed E-state index contributed by atoms with van der Waals surface area (Å²) in [5, 5.41) is 4.07. The summed E-state index contributed by atoms with van der Waals surface area (Å²) in [6.07, 6.45) is -2.76. The van der Waals surface area contributed by atoms with Crippen molar-refractivity contribution in [2.75, 3.05) is 11.3 Å². The van der Waals surface area contributed by atoms with Crippen molar-refractivity contribution < 1.29 is 35.8 Å². The Morgan fingerprint density at radius 1 is 1.13 bits per heavy atom. The lowest BCUT2D eigenvalue weighted by atomic mass is 10.2. The molecule has 0 saturated heterocycles. The SMILES string of the molecule is O=S(=O)(Nc1cnn(CC2COc3ccccc3O2)c1)c1ccccc1OC(F)(F)F. The summed E-state index contributed by atoms with van der Waals surface area (Å²) in [6.45, 7) is 0.546. The van der Waals surface area contributed by atoms with Crippen LogP contribution in [0.1, 0.15) is 0 Å².